The summed E-state index contributed by atoms with van der Waals surface area (Å²) in [6.45, 7) is 17.4. The smallest absolute Gasteiger partial charge is 0.312 e. The highest BCUT2D eigenvalue weighted by molar-refractivity contribution is 9.09. The second kappa shape index (κ2) is 9.05. The van der Waals surface area contributed by atoms with Crippen LogP contribution >= 0.6 is 15.9 Å². The van der Waals surface area contributed by atoms with Gasteiger partial charge in [0.2, 0.25) is 0 Å². The van der Waals surface area contributed by atoms with Gasteiger partial charge in [0.1, 0.15) is 0 Å². The highest BCUT2D eigenvalue weighted by Gasteiger charge is 2.73. The van der Waals surface area contributed by atoms with Gasteiger partial charge in [-0.1, -0.05) is 76.0 Å². The average molecular weight is 594 g/mol. The van der Waals surface area contributed by atoms with Gasteiger partial charge < -0.3 is 14.2 Å². The van der Waals surface area contributed by atoms with E-state index in [1.165, 1.54) is 12.8 Å². The number of allylic oxidation sites excluding steroid dienone is 2. The molecule has 0 heterocycles. The van der Waals surface area contributed by atoms with E-state index in [0.717, 1.165) is 38.5 Å². The van der Waals surface area contributed by atoms with E-state index in [0.29, 0.717) is 29.6 Å². The molecule has 4 fully saturated rings. The molecular weight excluding hydrogens is 540 g/mol. The third kappa shape index (κ3) is 3.25. The first-order valence-electron chi connectivity index (χ1n) is 15.2. The van der Waals surface area contributed by atoms with Gasteiger partial charge in [-0.2, -0.15) is 0 Å². The molecule has 0 N–H and O–H groups in total. The molecule has 5 aliphatic carbocycles. The molecule has 5 rings (SSSR count). The molecule has 2 unspecified atom stereocenters. The lowest BCUT2D eigenvalue weighted by molar-refractivity contribution is -0.327. The summed E-state index contributed by atoms with van der Waals surface area (Å²) in [5, 5.41) is 0. The molecule has 38 heavy (non-hydrogen) atoms. The molecule has 0 saturated heterocycles. The summed E-state index contributed by atoms with van der Waals surface area (Å²) in [7, 11) is 5.22. The molecule has 4 saturated carbocycles. The van der Waals surface area contributed by atoms with E-state index < -0.39 is 5.79 Å². The fourth-order valence-corrected chi connectivity index (χ4v) is 13.6. The summed E-state index contributed by atoms with van der Waals surface area (Å²) in [5.74, 6) is 1.90. The standard InChI is InChI=1S/C33H53BrO4/c1-20-13-16-32(27(35)36-8)18-17-30(6)22(26(32)21(20)2)11-12-24-29(5)19-25(34)33(37-9,38-10)28(3,4)23(29)14-15-31(24,30)7/h11,20-21,23-26H,12-19H2,1-10H3/t20-,21+,23?,24?,25+,26+,29+,30-,31-,32+/m1/s1. The number of rotatable bonds is 3. The van der Waals surface area contributed by atoms with E-state index in [-0.39, 0.29) is 37.9 Å². The van der Waals surface area contributed by atoms with Crippen LogP contribution in [0.2, 0.25) is 0 Å². The van der Waals surface area contributed by atoms with Crippen molar-refractivity contribution in [2.45, 2.75) is 110 Å². The van der Waals surface area contributed by atoms with E-state index >= 15 is 0 Å². The molecule has 0 aliphatic heterocycles. The molecule has 0 amide bonds. The van der Waals surface area contributed by atoms with Crippen molar-refractivity contribution in [3.05, 3.63) is 11.6 Å². The minimum atomic E-state index is -0.636. The van der Waals surface area contributed by atoms with Gasteiger partial charge in [0.05, 0.1) is 17.4 Å². The lowest BCUT2D eigenvalue weighted by Crippen LogP contribution is -2.70. The molecule has 0 aromatic rings. The molecule has 216 valence electrons. The zero-order chi connectivity index (χ0) is 28.1. The number of carbonyl (C=O) groups is 1. The van der Waals surface area contributed by atoms with Crippen LogP contribution in [0.5, 0.6) is 0 Å². The van der Waals surface area contributed by atoms with Crippen molar-refractivity contribution in [2.24, 2.45) is 56.7 Å². The molecular formula is C33H53BrO4. The van der Waals surface area contributed by atoms with Gasteiger partial charge in [0.15, 0.2) is 5.79 Å². The van der Waals surface area contributed by atoms with Gasteiger partial charge in [-0.05, 0) is 97.2 Å². The van der Waals surface area contributed by atoms with Crippen LogP contribution in [0.15, 0.2) is 11.6 Å². The molecule has 10 atom stereocenters. The largest absolute Gasteiger partial charge is 0.469 e. The van der Waals surface area contributed by atoms with Crippen LogP contribution in [-0.2, 0) is 19.0 Å². The maximum atomic E-state index is 13.5. The molecule has 5 aliphatic rings. The lowest BCUT2D eigenvalue weighted by Gasteiger charge is -2.73. The zero-order valence-corrected chi connectivity index (χ0v) is 27.3. The van der Waals surface area contributed by atoms with Crippen molar-refractivity contribution in [2.75, 3.05) is 21.3 Å². The Labute approximate surface area is 240 Å². The quantitative estimate of drug-likeness (QED) is 0.143. The predicted octanol–water partition coefficient (Wildman–Crippen LogP) is 8.18. The van der Waals surface area contributed by atoms with Crippen LogP contribution in [0, 0.1) is 56.7 Å². The monoisotopic (exact) mass is 592 g/mol. The van der Waals surface area contributed by atoms with Crippen molar-refractivity contribution in [3.63, 3.8) is 0 Å². The molecule has 0 aromatic carbocycles. The van der Waals surface area contributed by atoms with E-state index in [1.807, 2.05) is 14.2 Å². The number of fused-ring (bicyclic) bond motifs is 7. The molecule has 0 spiro atoms. The van der Waals surface area contributed by atoms with Gasteiger partial charge >= 0.3 is 5.97 Å². The fourth-order valence-electron chi connectivity index (χ4n) is 11.9. The summed E-state index contributed by atoms with van der Waals surface area (Å²) >= 11 is 4.10. The average Bonchev–Trinajstić information content (AvgIpc) is 2.86. The number of hydrogen-bond acceptors (Lipinski definition) is 4. The summed E-state index contributed by atoms with van der Waals surface area (Å²) in [5.41, 5.74) is 1.57. The second-order valence-corrected chi connectivity index (χ2v) is 16.4. The van der Waals surface area contributed by atoms with Crippen LogP contribution in [0.4, 0.5) is 0 Å². The molecule has 0 aromatic heterocycles. The number of methoxy groups -OCH3 is 3. The Morgan fingerprint density at radius 1 is 0.921 bits per heavy atom. The molecule has 0 radical (unpaired) electrons. The Morgan fingerprint density at radius 3 is 2.18 bits per heavy atom. The molecule has 5 heteroatoms. The van der Waals surface area contributed by atoms with Crippen molar-refractivity contribution >= 4 is 21.9 Å². The number of ether oxygens (including phenoxy) is 3. The zero-order valence-electron chi connectivity index (χ0n) is 25.7. The third-order valence-corrected chi connectivity index (χ3v) is 15.2. The Morgan fingerprint density at radius 2 is 1.58 bits per heavy atom. The van der Waals surface area contributed by atoms with Crippen LogP contribution in [0.3, 0.4) is 0 Å². The van der Waals surface area contributed by atoms with Crippen LogP contribution in [0.25, 0.3) is 0 Å². The van der Waals surface area contributed by atoms with E-state index in [2.05, 4.69) is 70.5 Å². The highest BCUT2D eigenvalue weighted by Crippen LogP contribution is 2.77. The van der Waals surface area contributed by atoms with Gasteiger partial charge in [-0.25, -0.2) is 0 Å². The summed E-state index contributed by atoms with van der Waals surface area (Å²) < 4.78 is 18.0. The predicted molar refractivity (Wildman–Crippen MR) is 156 cm³/mol. The number of hydrogen-bond donors (Lipinski definition) is 0. The highest BCUT2D eigenvalue weighted by atomic mass is 79.9. The van der Waals surface area contributed by atoms with Crippen molar-refractivity contribution in [1.29, 1.82) is 0 Å². The van der Waals surface area contributed by atoms with Gasteiger partial charge in [0, 0.05) is 19.6 Å². The SMILES string of the molecule is COC(=O)[C@]12CC[C@@H](C)[C@H](C)[C@H]1C1=CCC3[C@@]4(C)C[C@H](Br)C(OC)(OC)C(C)(C)C4CC[C@@]3(C)[C@]1(C)CC2. The summed E-state index contributed by atoms with van der Waals surface area (Å²) in [6, 6.07) is 0. The van der Waals surface area contributed by atoms with E-state index in [4.69, 9.17) is 14.2 Å². The van der Waals surface area contributed by atoms with Crippen molar-refractivity contribution < 1.29 is 19.0 Å². The minimum Gasteiger partial charge on any atom is -0.469 e. The topological polar surface area (TPSA) is 44.8 Å². The van der Waals surface area contributed by atoms with Crippen LogP contribution < -0.4 is 0 Å². The van der Waals surface area contributed by atoms with Crippen molar-refractivity contribution in [1.82, 2.24) is 0 Å². The number of alkyl halides is 1. The maximum Gasteiger partial charge on any atom is 0.312 e. The summed E-state index contributed by atoms with van der Waals surface area (Å²) in [6.07, 6.45) is 11.3. The molecule has 0 bridgehead atoms. The Balaban J connectivity index is 1.62. The van der Waals surface area contributed by atoms with E-state index in [1.54, 1.807) is 12.7 Å². The number of halogens is 1. The van der Waals surface area contributed by atoms with E-state index in [9.17, 15) is 4.79 Å². The minimum absolute atomic E-state index is 0.0405. The Bertz CT molecular complexity index is 1000. The second-order valence-electron chi connectivity index (χ2n) is 15.3. The Hall–Kier alpha value is -0.390. The fraction of sp³-hybridized carbons (Fsp3) is 0.909. The molecule has 4 nitrogen and oxygen atoms in total. The lowest BCUT2D eigenvalue weighted by atomic mass is 9.33. The van der Waals surface area contributed by atoms with Gasteiger partial charge in [-0.3, -0.25) is 4.79 Å². The van der Waals surface area contributed by atoms with Gasteiger partial charge in [-0.15, -0.1) is 0 Å². The first-order valence-corrected chi connectivity index (χ1v) is 16.1. The Kier molecular flexibility index (Phi) is 6.94. The van der Waals surface area contributed by atoms with Gasteiger partial charge in [0.25, 0.3) is 0 Å². The first kappa shape index (κ1) is 29.1. The first-order chi connectivity index (χ1) is 17.7. The van der Waals surface area contributed by atoms with Crippen LogP contribution in [-0.4, -0.2) is 37.9 Å². The normalized spacial score (nSPS) is 51.0. The van der Waals surface area contributed by atoms with Crippen LogP contribution in [0.1, 0.15) is 99.8 Å². The number of esters is 1. The number of carbonyl (C=O) groups excluding carboxylic acids is 1. The third-order valence-electron chi connectivity index (χ3n) is 14.3. The van der Waals surface area contributed by atoms with Crippen molar-refractivity contribution in [3.8, 4) is 0 Å². The summed E-state index contributed by atoms with van der Waals surface area (Å²) in [4.78, 5) is 13.6. The maximum absolute atomic E-state index is 13.5.